The number of aromatic nitrogens is 3. The topological polar surface area (TPSA) is 65.4 Å². The molecule has 0 bridgehead atoms. The van der Waals surface area contributed by atoms with Gasteiger partial charge in [-0.15, -0.1) is 11.3 Å². The van der Waals surface area contributed by atoms with Crippen molar-refractivity contribution in [1.82, 2.24) is 15.4 Å². The Morgan fingerprint density at radius 3 is 2.42 bits per heavy atom. The molecule has 1 N–H and O–H groups in total. The first kappa shape index (κ1) is 11.6. The standard InChI is InChI=1S/C14H10N4S/c1-9-14(17-18-16-9)13-7-6-12(19-13)11-4-2-10(8-15)3-5-11/h2-7H,1H3,(H,16,17,18). The number of H-pyrrole nitrogens is 1. The minimum Gasteiger partial charge on any atom is -0.197 e. The van der Waals surface area contributed by atoms with Crippen molar-refractivity contribution in [3.8, 4) is 27.1 Å². The van der Waals surface area contributed by atoms with Crippen molar-refractivity contribution in [2.45, 2.75) is 6.92 Å². The number of hydrogen-bond acceptors (Lipinski definition) is 4. The van der Waals surface area contributed by atoms with Gasteiger partial charge < -0.3 is 0 Å². The van der Waals surface area contributed by atoms with E-state index < -0.39 is 0 Å². The van der Waals surface area contributed by atoms with Crippen LogP contribution in [0.2, 0.25) is 0 Å². The van der Waals surface area contributed by atoms with Crippen molar-refractivity contribution in [3.63, 3.8) is 0 Å². The predicted molar refractivity (Wildman–Crippen MR) is 74.6 cm³/mol. The van der Waals surface area contributed by atoms with E-state index in [9.17, 15) is 0 Å². The lowest BCUT2D eigenvalue weighted by atomic mass is 10.1. The van der Waals surface area contributed by atoms with Gasteiger partial charge in [-0.1, -0.05) is 12.1 Å². The normalized spacial score (nSPS) is 10.3. The van der Waals surface area contributed by atoms with E-state index in [1.54, 1.807) is 11.3 Å². The zero-order valence-electron chi connectivity index (χ0n) is 10.2. The molecule has 0 radical (unpaired) electrons. The van der Waals surface area contributed by atoms with Crippen molar-refractivity contribution < 1.29 is 0 Å². The molecule has 1 aromatic carbocycles. The summed E-state index contributed by atoms with van der Waals surface area (Å²) in [6, 6.07) is 13.8. The lowest BCUT2D eigenvalue weighted by Gasteiger charge is -1.96. The van der Waals surface area contributed by atoms with Gasteiger partial charge in [0.15, 0.2) is 0 Å². The largest absolute Gasteiger partial charge is 0.197 e. The number of nitriles is 1. The lowest BCUT2D eigenvalue weighted by Crippen LogP contribution is -1.75. The number of hydrogen-bond donors (Lipinski definition) is 1. The second-order valence-corrected chi connectivity index (χ2v) is 5.19. The van der Waals surface area contributed by atoms with Gasteiger partial charge in [0.25, 0.3) is 0 Å². The predicted octanol–water partition coefficient (Wildman–Crippen LogP) is 3.38. The minimum atomic E-state index is 0.674. The summed E-state index contributed by atoms with van der Waals surface area (Å²) < 4.78 is 0. The Balaban J connectivity index is 1.97. The van der Waals surface area contributed by atoms with Crippen LogP contribution >= 0.6 is 11.3 Å². The van der Waals surface area contributed by atoms with Gasteiger partial charge in [0.1, 0.15) is 5.69 Å². The van der Waals surface area contributed by atoms with E-state index in [0.29, 0.717) is 5.56 Å². The quantitative estimate of drug-likeness (QED) is 0.773. The van der Waals surface area contributed by atoms with Crippen molar-refractivity contribution in [2.75, 3.05) is 0 Å². The Morgan fingerprint density at radius 2 is 1.79 bits per heavy atom. The van der Waals surface area contributed by atoms with Crippen LogP contribution in [0.1, 0.15) is 11.3 Å². The second-order valence-electron chi connectivity index (χ2n) is 4.11. The molecule has 0 unspecified atom stereocenters. The average Bonchev–Trinajstić information content (AvgIpc) is 3.07. The summed E-state index contributed by atoms with van der Waals surface area (Å²) in [5.74, 6) is 0. The van der Waals surface area contributed by atoms with Crippen molar-refractivity contribution in [3.05, 3.63) is 47.7 Å². The summed E-state index contributed by atoms with van der Waals surface area (Å²) >= 11 is 1.67. The van der Waals surface area contributed by atoms with E-state index in [-0.39, 0.29) is 0 Å². The fourth-order valence-corrected chi connectivity index (χ4v) is 2.90. The van der Waals surface area contributed by atoms with Gasteiger partial charge in [-0.3, -0.25) is 0 Å². The molecule has 0 aliphatic carbocycles. The fraction of sp³-hybridized carbons (Fsp3) is 0.0714. The van der Waals surface area contributed by atoms with Crippen LogP contribution in [0.5, 0.6) is 0 Å². The first-order valence-corrected chi connectivity index (χ1v) is 6.57. The average molecular weight is 266 g/mol. The van der Waals surface area contributed by atoms with Gasteiger partial charge in [-0.25, -0.2) is 0 Å². The Bertz CT molecular complexity index is 746. The number of aryl methyl sites for hydroxylation is 1. The van der Waals surface area contributed by atoms with Crippen LogP contribution in [-0.2, 0) is 0 Å². The van der Waals surface area contributed by atoms with Crippen LogP contribution in [-0.4, -0.2) is 15.4 Å². The highest BCUT2D eigenvalue weighted by Gasteiger charge is 2.10. The first-order chi connectivity index (χ1) is 9.28. The van der Waals surface area contributed by atoms with Gasteiger partial charge in [-0.2, -0.15) is 20.7 Å². The summed E-state index contributed by atoms with van der Waals surface area (Å²) in [7, 11) is 0. The van der Waals surface area contributed by atoms with E-state index in [1.807, 2.05) is 37.3 Å². The molecule has 0 amide bonds. The van der Waals surface area contributed by atoms with E-state index in [4.69, 9.17) is 5.26 Å². The molecule has 0 aliphatic rings. The molecule has 0 aliphatic heterocycles. The Kier molecular flexibility index (Phi) is 2.86. The Hall–Kier alpha value is -2.45. The molecular formula is C14H10N4S. The smallest absolute Gasteiger partial charge is 0.125 e. The highest BCUT2D eigenvalue weighted by atomic mass is 32.1. The summed E-state index contributed by atoms with van der Waals surface area (Å²) in [4.78, 5) is 2.24. The van der Waals surface area contributed by atoms with Crippen LogP contribution < -0.4 is 0 Å². The molecule has 0 fully saturated rings. The van der Waals surface area contributed by atoms with Crippen LogP contribution in [0.15, 0.2) is 36.4 Å². The van der Waals surface area contributed by atoms with Crippen LogP contribution in [0.25, 0.3) is 21.0 Å². The zero-order valence-corrected chi connectivity index (χ0v) is 11.0. The molecule has 5 heteroatoms. The third-order valence-corrected chi connectivity index (χ3v) is 4.00. The fourth-order valence-electron chi connectivity index (χ4n) is 1.85. The summed E-state index contributed by atoms with van der Waals surface area (Å²) in [5, 5.41) is 19.6. The number of aromatic amines is 1. The SMILES string of the molecule is Cc1n[nH]nc1-c1ccc(-c2ccc(C#N)cc2)s1. The molecule has 0 atom stereocenters. The summed E-state index contributed by atoms with van der Waals surface area (Å²) in [6.45, 7) is 1.93. The number of rotatable bonds is 2. The van der Waals surface area contributed by atoms with E-state index >= 15 is 0 Å². The maximum atomic E-state index is 8.79. The summed E-state index contributed by atoms with van der Waals surface area (Å²) in [5.41, 5.74) is 3.57. The van der Waals surface area contributed by atoms with E-state index in [0.717, 1.165) is 26.7 Å². The van der Waals surface area contributed by atoms with E-state index in [2.05, 4.69) is 27.5 Å². The lowest BCUT2D eigenvalue weighted by molar-refractivity contribution is 0.930. The Labute approximate surface area is 114 Å². The van der Waals surface area contributed by atoms with Gasteiger partial charge in [0, 0.05) is 4.88 Å². The van der Waals surface area contributed by atoms with Crippen molar-refractivity contribution >= 4 is 11.3 Å². The second kappa shape index (κ2) is 4.67. The van der Waals surface area contributed by atoms with Gasteiger partial charge in [0.2, 0.25) is 0 Å². The van der Waals surface area contributed by atoms with Crippen molar-refractivity contribution in [1.29, 1.82) is 5.26 Å². The first-order valence-electron chi connectivity index (χ1n) is 5.76. The molecule has 3 aromatic rings. The molecule has 19 heavy (non-hydrogen) atoms. The minimum absolute atomic E-state index is 0.674. The Morgan fingerprint density at radius 1 is 1.05 bits per heavy atom. The van der Waals surface area contributed by atoms with E-state index in [1.165, 1.54) is 0 Å². The van der Waals surface area contributed by atoms with Crippen molar-refractivity contribution in [2.24, 2.45) is 0 Å². The molecule has 2 aromatic heterocycles. The van der Waals surface area contributed by atoms with Gasteiger partial charge >= 0.3 is 0 Å². The zero-order chi connectivity index (χ0) is 13.2. The number of thiophene rings is 1. The number of nitrogens with zero attached hydrogens (tertiary/aromatic N) is 3. The van der Waals surface area contributed by atoms with Gasteiger partial charge in [0.05, 0.1) is 22.2 Å². The van der Waals surface area contributed by atoms with Crippen LogP contribution in [0, 0.1) is 18.3 Å². The third kappa shape index (κ3) is 2.14. The third-order valence-electron chi connectivity index (χ3n) is 2.86. The molecule has 0 saturated carbocycles. The number of nitrogens with one attached hydrogen (secondary N) is 1. The monoisotopic (exact) mass is 266 g/mol. The van der Waals surface area contributed by atoms with Crippen LogP contribution in [0.3, 0.4) is 0 Å². The molecular weight excluding hydrogens is 256 g/mol. The number of benzene rings is 1. The molecule has 92 valence electrons. The summed E-state index contributed by atoms with van der Waals surface area (Å²) in [6.07, 6.45) is 0. The maximum absolute atomic E-state index is 8.79. The highest BCUT2D eigenvalue weighted by molar-refractivity contribution is 7.18. The molecule has 2 heterocycles. The van der Waals surface area contributed by atoms with Gasteiger partial charge in [-0.05, 0) is 36.8 Å². The molecule has 4 nitrogen and oxygen atoms in total. The maximum Gasteiger partial charge on any atom is 0.125 e. The molecule has 0 spiro atoms. The van der Waals surface area contributed by atoms with Crippen LogP contribution in [0.4, 0.5) is 0 Å². The molecule has 3 rings (SSSR count). The molecule has 0 saturated heterocycles. The highest BCUT2D eigenvalue weighted by Crippen LogP contribution is 2.34.